The molecular weight excluding hydrogens is 248 g/mol. The van der Waals surface area contributed by atoms with Gasteiger partial charge in [0.05, 0.1) is 5.02 Å². The molecule has 3 nitrogen and oxygen atoms in total. The normalized spacial score (nSPS) is 17.3. The number of hydrazine groups is 1. The minimum absolute atomic E-state index is 0.551. The summed E-state index contributed by atoms with van der Waals surface area (Å²) >= 11 is 6.18. The van der Waals surface area contributed by atoms with Gasteiger partial charge in [-0.3, -0.25) is 0 Å². The Labute approximate surface area is 112 Å². The topological polar surface area (TPSA) is 38.5 Å². The molecule has 0 bridgehead atoms. The third-order valence-electron chi connectivity index (χ3n) is 2.57. The van der Waals surface area contributed by atoms with Crippen LogP contribution in [0.15, 0.2) is 54.1 Å². The number of hydrogen-bond acceptors (Lipinski definition) is 3. The standard InChI is InChI=1S/C14H15ClN2O/c1-9(2)8-13-17(16)14(10(3)18-13)11-6-4-5-7-12(11)15/h4-8H,1,16H2,2-3H3/b13-8+. The molecule has 0 radical (unpaired) electrons. The van der Waals surface area contributed by atoms with Crippen LogP contribution in [0.4, 0.5) is 0 Å². The lowest BCUT2D eigenvalue weighted by atomic mass is 10.1. The Balaban J connectivity index is 2.44. The highest BCUT2D eigenvalue weighted by molar-refractivity contribution is 6.32. The summed E-state index contributed by atoms with van der Waals surface area (Å²) in [5.41, 5.74) is 2.49. The van der Waals surface area contributed by atoms with E-state index in [2.05, 4.69) is 6.58 Å². The van der Waals surface area contributed by atoms with Crippen LogP contribution in [0.5, 0.6) is 0 Å². The first-order chi connectivity index (χ1) is 8.50. The van der Waals surface area contributed by atoms with Crippen LogP contribution in [-0.2, 0) is 4.74 Å². The molecule has 0 aliphatic carbocycles. The van der Waals surface area contributed by atoms with Crippen molar-refractivity contribution in [3.63, 3.8) is 0 Å². The molecule has 0 unspecified atom stereocenters. The lowest BCUT2D eigenvalue weighted by Crippen LogP contribution is -2.25. The average molecular weight is 263 g/mol. The van der Waals surface area contributed by atoms with Gasteiger partial charge in [-0.1, -0.05) is 42.0 Å². The Morgan fingerprint density at radius 3 is 2.72 bits per heavy atom. The quantitative estimate of drug-likeness (QED) is 0.827. The van der Waals surface area contributed by atoms with Crippen molar-refractivity contribution >= 4 is 17.3 Å². The van der Waals surface area contributed by atoms with Crippen molar-refractivity contribution in [2.24, 2.45) is 5.84 Å². The van der Waals surface area contributed by atoms with Gasteiger partial charge in [0.15, 0.2) is 0 Å². The third-order valence-corrected chi connectivity index (χ3v) is 2.90. The van der Waals surface area contributed by atoms with E-state index in [1.54, 1.807) is 6.08 Å². The van der Waals surface area contributed by atoms with Crippen molar-refractivity contribution in [1.29, 1.82) is 0 Å². The van der Waals surface area contributed by atoms with Crippen molar-refractivity contribution in [1.82, 2.24) is 5.01 Å². The highest BCUT2D eigenvalue weighted by atomic mass is 35.5. The maximum absolute atomic E-state index is 6.18. The second kappa shape index (κ2) is 4.88. The SMILES string of the molecule is C=C(C)/C=C1/OC(C)=C(c2ccccc2Cl)N1N. The summed E-state index contributed by atoms with van der Waals surface area (Å²) in [7, 11) is 0. The van der Waals surface area contributed by atoms with Crippen LogP contribution in [0.2, 0.25) is 5.02 Å². The zero-order valence-electron chi connectivity index (χ0n) is 10.4. The summed E-state index contributed by atoms with van der Waals surface area (Å²) in [6, 6.07) is 7.53. The maximum Gasteiger partial charge on any atom is 0.214 e. The number of ether oxygens (including phenoxy) is 1. The van der Waals surface area contributed by atoms with Gasteiger partial charge in [0, 0.05) is 11.6 Å². The van der Waals surface area contributed by atoms with Crippen LogP contribution in [0.1, 0.15) is 19.4 Å². The molecule has 1 aromatic rings. The number of rotatable bonds is 2. The molecule has 0 saturated heterocycles. The summed E-state index contributed by atoms with van der Waals surface area (Å²) in [6.07, 6.45) is 1.79. The first kappa shape index (κ1) is 12.7. The minimum Gasteiger partial charge on any atom is -0.442 e. The van der Waals surface area contributed by atoms with Gasteiger partial charge in [-0.2, -0.15) is 0 Å². The molecule has 1 aliphatic heterocycles. The van der Waals surface area contributed by atoms with Crippen molar-refractivity contribution in [2.75, 3.05) is 0 Å². The van der Waals surface area contributed by atoms with Gasteiger partial charge in [-0.15, -0.1) is 0 Å². The fraction of sp³-hybridized carbons (Fsp3) is 0.143. The second-order valence-electron chi connectivity index (χ2n) is 4.19. The Hall–Kier alpha value is -1.71. The highest BCUT2D eigenvalue weighted by Gasteiger charge is 2.26. The fourth-order valence-electron chi connectivity index (χ4n) is 1.82. The van der Waals surface area contributed by atoms with Crippen LogP contribution in [0.25, 0.3) is 5.70 Å². The molecule has 1 aliphatic rings. The molecule has 2 rings (SSSR count). The van der Waals surface area contributed by atoms with Gasteiger partial charge < -0.3 is 4.74 Å². The molecule has 0 spiro atoms. The first-order valence-electron chi connectivity index (χ1n) is 5.56. The zero-order chi connectivity index (χ0) is 13.3. The maximum atomic E-state index is 6.18. The molecular formula is C14H15ClN2O. The van der Waals surface area contributed by atoms with E-state index in [0.717, 1.165) is 22.6 Å². The number of nitrogens with zero attached hydrogens (tertiary/aromatic N) is 1. The van der Waals surface area contributed by atoms with E-state index in [0.29, 0.717) is 10.9 Å². The van der Waals surface area contributed by atoms with E-state index in [1.807, 2.05) is 38.1 Å². The molecule has 0 fully saturated rings. The van der Waals surface area contributed by atoms with Gasteiger partial charge in [-0.25, -0.2) is 10.9 Å². The molecule has 18 heavy (non-hydrogen) atoms. The summed E-state index contributed by atoms with van der Waals surface area (Å²) in [4.78, 5) is 0. The van der Waals surface area contributed by atoms with Gasteiger partial charge in [0.2, 0.25) is 5.88 Å². The molecule has 1 heterocycles. The van der Waals surface area contributed by atoms with E-state index in [9.17, 15) is 0 Å². The van der Waals surface area contributed by atoms with E-state index in [1.165, 1.54) is 5.01 Å². The highest BCUT2D eigenvalue weighted by Crippen LogP contribution is 2.36. The molecule has 0 atom stereocenters. The van der Waals surface area contributed by atoms with E-state index < -0.39 is 0 Å². The van der Waals surface area contributed by atoms with Gasteiger partial charge in [0.1, 0.15) is 11.5 Å². The predicted octanol–water partition coefficient (Wildman–Crippen LogP) is 3.65. The van der Waals surface area contributed by atoms with Crippen molar-refractivity contribution in [3.05, 3.63) is 64.7 Å². The number of nitrogens with two attached hydrogens (primary N) is 1. The number of benzene rings is 1. The molecule has 0 amide bonds. The van der Waals surface area contributed by atoms with Crippen molar-refractivity contribution in [2.45, 2.75) is 13.8 Å². The van der Waals surface area contributed by atoms with Crippen LogP contribution in [0, 0.1) is 0 Å². The summed E-state index contributed by atoms with van der Waals surface area (Å²) in [6.45, 7) is 7.55. The average Bonchev–Trinajstić information content (AvgIpc) is 2.55. The summed E-state index contributed by atoms with van der Waals surface area (Å²) in [5, 5.41) is 2.13. The Kier molecular flexibility index (Phi) is 3.45. The summed E-state index contributed by atoms with van der Waals surface area (Å²) < 4.78 is 5.63. The van der Waals surface area contributed by atoms with E-state index in [-0.39, 0.29) is 0 Å². The number of halogens is 1. The smallest absolute Gasteiger partial charge is 0.214 e. The lowest BCUT2D eigenvalue weighted by molar-refractivity contribution is 0.255. The Bertz CT molecular complexity index is 561. The summed E-state index contributed by atoms with van der Waals surface area (Å²) in [5.74, 6) is 7.32. The van der Waals surface area contributed by atoms with Crippen LogP contribution in [0.3, 0.4) is 0 Å². The molecule has 1 aromatic carbocycles. The predicted molar refractivity (Wildman–Crippen MR) is 74.1 cm³/mol. The molecule has 94 valence electrons. The number of hydrogen-bond donors (Lipinski definition) is 1. The monoisotopic (exact) mass is 262 g/mol. The molecule has 2 N–H and O–H groups in total. The van der Waals surface area contributed by atoms with Gasteiger partial charge in [-0.05, 0) is 19.9 Å². The zero-order valence-corrected chi connectivity index (χ0v) is 11.2. The van der Waals surface area contributed by atoms with Gasteiger partial charge in [0.25, 0.3) is 0 Å². The third kappa shape index (κ3) is 2.28. The fourth-order valence-corrected chi connectivity index (χ4v) is 2.04. The first-order valence-corrected chi connectivity index (χ1v) is 5.94. The largest absolute Gasteiger partial charge is 0.442 e. The van der Waals surface area contributed by atoms with Crippen LogP contribution < -0.4 is 5.84 Å². The Morgan fingerprint density at radius 1 is 1.44 bits per heavy atom. The lowest BCUT2D eigenvalue weighted by Gasteiger charge is -2.15. The van der Waals surface area contributed by atoms with E-state index in [4.69, 9.17) is 22.2 Å². The van der Waals surface area contributed by atoms with Gasteiger partial charge >= 0.3 is 0 Å². The Morgan fingerprint density at radius 2 is 2.11 bits per heavy atom. The van der Waals surface area contributed by atoms with E-state index >= 15 is 0 Å². The van der Waals surface area contributed by atoms with Crippen molar-refractivity contribution in [3.8, 4) is 0 Å². The van der Waals surface area contributed by atoms with Crippen LogP contribution in [-0.4, -0.2) is 5.01 Å². The molecule has 4 heteroatoms. The minimum atomic E-state index is 0.551. The molecule has 0 saturated carbocycles. The number of allylic oxidation sites excluding steroid dienone is 3. The second-order valence-corrected chi connectivity index (χ2v) is 4.59. The molecule has 0 aromatic heterocycles. The van der Waals surface area contributed by atoms with Crippen LogP contribution >= 0.6 is 11.6 Å². The van der Waals surface area contributed by atoms with Crippen molar-refractivity contribution < 1.29 is 4.74 Å².